The van der Waals surface area contributed by atoms with E-state index < -0.39 is 11.9 Å². The lowest BCUT2D eigenvalue weighted by Crippen LogP contribution is -2.09. The highest BCUT2D eigenvalue weighted by molar-refractivity contribution is 9.10. The SMILES string of the molecule is NC(=O)c1cc2cc(Br)nc(C(=O)O)c2o1. The van der Waals surface area contributed by atoms with Gasteiger partial charge in [-0.05, 0) is 28.1 Å². The summed E-state index contributed by atoms with van der Waals surface area (Å²) in [5.41, 5.74) is 4.79. The van der Waals surface area contributed by atoms with Crippen LogP contribution in [0, 0.1) is 0 Å². The third-order valence-corrected chi connectivity index (χ3v) is 2.32. The molecular formula is C9H5BrN2O4. The molecule has 0 unspecified atom stereocenters. The van der Waals surface area contributed by atoms with Gasteiger partial charge in [0, 0.05) is 5.39 Å². The van der Waals surface area contributed by atoms with E-state index in [0.29, 0.717) is 9.99 Å². The van der Waals surface area contributed by atoms with Crippen LogP contribution in [0.3, 0.4) is 0 Å². The number of primary amides is 1. The van der Waals surface area contributed by atoms with Gasteiger partial charge in [0.05, 0.1) is 0 Å². The largest absolute Gasteiger partial charge is 0.476 e. The number of fused-ring (bicyclic) bond motifs is 1. The standard InChI is InChI=1S/C9H5BrN2O4/c10-5-2-3-1-4(8(11)13)16-7(3)6(12-5)9(14)15/h1-2H,(H2,11,13)(H,14,15). The van der Waals surface area contributed by atoms with Crippen molar-refractivity contribution < 1.29 is 19.1 Å². The summed E-state index contributed by atoms with van der Waals surface area (Å²) in [6.45, 7) is 0. The number of nitrogens with two attached hydrogens (primary N) is 1. The number of nitrogens with zero attached hydrogens (tertiary/aromatic N) is 1. The fraction of sp³-hybridized carbons (Fsp3) is 0. The van der Waals surface area contributed by atoms with Crippen molar-refractivity contribution in [2.75, 3.05) is 0 Å². The first-order chi connectivity index (χ1) is 7.49. The number of pyridine rings is 1. The molecule has 0 radical (unpaired) electrons. The van der Waals surface area contributed by atoms with Crippen LogP contribution in [-0.2, 0) is 0 Å². The Balaban J connectivity index is 2.80. The third kappa shape index (κ3) is 1.65. The first-order valence-corrected chi connectivity index (χ1v) is 4.91. The third-order valence-electron chi connectivity index (χ3n) is 1.91. The molecule has 2 rings (SSSR count). The van der Waals surface area contributed by atoms with Crippen molar-refractivity contribution in [2.24, 2.45) is 5.73 Å². The Morgan fingerprint density at radius 3 is 2.69 bits per heavy atom. The van der Waals surface area contributed by atoms with Gasteiger partial charge in [-0.1, -0.05) is 0 Å². The minimum absolute atomic E-state index is 0.0319. The first-order valence-electron chi connectivity index (χ1n) is 4.12. The van der Waals surface area contributed by atoms with E-state index in [1.807, 2.05) is 0 Å². The Morgan fingerprint density at radius 2 is 2.12 bits per heavy atom. The van der Waals surface area contributed by atoms with Crippen molar-refractivity contribution in [3.63, 3.8) is 0 Å². The quantitative estimate of drug-likeness (QED) is 0.811. The van der Waals surface area contributed by atoms with Gasteiger partial charge in [-0.3, -0.25) is 4.79 Å². The van der Waals surface area contributed by atoms with Gasteiger partial charge < -0.3 is 15.3 Å². The van der Waals surface area contributed by atoms with Gasteiger partial charge in [0.15, 0.2) is 17.0 Å². The minimum Gasteiger partial charge on any atom is -0.476 e. The van der Waals surface area contributed by atoms with E-state index in [4.69, 9.17) is 15.3 Å². The summed E-state index contributed by atoms with van der Waals surface area (Å²) in [5, 5.41) is 9.35. The maximum absolute atomic E-state index is 10.9. The molecule has 0 atom stereocenters. The average molecular weight is 285 g/mol. The number of hydrogen-bond acceptors (Lipinski definition) is 4. The molecule has 0 spiro atoms. The molecule has 1 amide bonds. The number of amides is 1. The Hall–Kier alpha value is -1.89. The van der Waals surface area contributed by atoms with Gasteiger partial charge >= 0.3 is 5.97 Å². The highest BCUT2D eigenvalue weighted by Crippen LogP contribution is 2.24. The second kappa shape index (κ2) is 3.60. The van der Waals surface area contributed by atoms with E-state index in [0.717, 1.165) is 0 Å². The molecule has 0 aliphatic heterocycles. The van der Waals surface area contributed by atoms with Crippen LogP contribution >= 0.6 is 15.9 Å². The summed E-state index contributed by atoms with van der Waals surface area (Å²) in [6, 6.07) is 2.91. The predicted octanol–water partition coefficient (Wildman–Crippen LogP) is 1.39. The van der Waals surface area contributed by atoms with Crippen LogP contribution in [0.2, 0.25) is 0 Å². The lowest BCUT2D eigenvalue weighted by atomic mass is 10.2. The number of carbonyl (C=O) groups is 2. The zero-order valence-corrected chi connectivity index (χ0v) is 9.32. The van der Waals surface area contributed by atoms with Gasteiger partial charge in [0.2, 0.25) is 0 Å². The number of rotatable bonds is 2. The topological polar surface area (TPSA) is 106 Å². The van der Waals surface area contributed by atoms with E-state index in [1.165, 1.54) is 12.1 Å². The lowest BCUT2D eigenvalue weighted by Gasteiger charge is -1.96. The van der Waals surface area contributed by atoms with Crippen LogP contribution in [0.1, 0.15) is 21.0 Å². The summed E-state index contributed by atoms with van der Waals surface area (Å²) in [4.78, 5) is 25.5. The molecule has 3 N–H and O–H groups in total. The van der Waals surface area contributed by atoms with Gasteiger partial charge in [0.25, 0.3) is 5.91 Å². The molecule has 0 aliphatic carbocycles. The van der Waals surface area contributed by atoms with Crippen LogP contribution in [0.4, 0.5) is 0 Å². The second-order valence-electron chi connectivity index (χ2n) is 2.99. The van der Waals surface area contributed by atoms with Gasteiger partial charge in [-0.15, -0.1) is 0 Å². The predicted molar refractivity (Wildman–Crippen MR) is 57.2 cm³/mol. The summed E-state index contributed by atoms with van der Waals surface area (Å²) < 4.78 is 5.38. The average Bonchev–Trinajstić information content (AvgIpc) is 2.59. The van der Waals surface area contributed by atoms with Crippen molar-refractivity contribution in [2.45, 2.75) is 0 Å². The summed E-state index contributed by atoms with van der Waals surface area (Å²) in [7, 11) is 0. The number of halogens is 1. The molecule has 0 aromatic carbocycles. The molecule has 16 heavy (non-hydrogen) atoms. The molecule has 2 aromatic heterocycles. The fourth-order valence-corrected chi connectivity index (χ4v) is 1.71. The first kappa shape index (κ1) is 10.6. The van der Waals surface area contributed by atoms with E-state index in [1.54, 1.807) is 0 Å². The van der Waals surface area contributed by atoms with E-state index in [-0.39, 0.29) is 17.0 Å². The monoisotopic (exact) mass is 284 g/mol. The molecule has 2 heterocycles. The number of carboxylic acid groups (broad SMARTS) is 1. The maximum atomic E-state index is 10.9. The molecule has 7 heteroatoms. The summed E-state index contributed by atoms with van der Waals surface area (Å²) >= 11 is 3.07. The number of aromatic carboxylic acids is 1. The molecule has 0 bridgehead atoms. The number of carboxylic acids is 1. The normalized spacial score (nSPS) is 10.6. The van der Waals surface area contributed by atoms with Crippen molar-refractivity contribution in [1.29, 1.82) is 0 Å². The summed E-state index contributed by atoms with van der Waals surface area (Å²) in [6.07, 6.45) is 0. The van der Waals surface area contributed by atoms with Crippen molar-refractivity contribution in [1.82, 2.24) is 4.98 Å². The molecule has 0 saturated carbocycles. The molecule has 2 aromatic rings. The van der Waals surface area contributed by atoms with Gasteiger partial charge in [-0.2, -0.15) is 0 Å². The maximum Gasteiger partial charge on any atom is 0.358 e. The van der Waals surface area contributed by atoms with Crippen molar-refractivity contribution >= 4 is 38.8 Å². The highest BCUT2D eigenvalue weighted by atomic mass is 79.9. The number of aromatic nitrogens is 1. The Bertz CT molecular complexity index is 605. The molecule has 0 saturated heterocycles. The molecule has 0 aliphatic rings. The van der Waals surface area contributed by atoms with Crippen molar-refractivity contribution in [3.8, 4) is 0 Å². The zero-order valence-electron chi connectivity index (χ0n) is 7.73. The van der Waals surface area contributed by atoms with Crippen molar-refractivity contribution in [3.05, 3.63) is 28.2 Å². The van der Waals surface area contributed by atoms with Crippen LogP contribution in [0.5, 0.6) is 0 Å². The number of hydrogen-bond donors (Lipinski definition) is 2. The van der Waals surface area contributed by atoms with Crippen LogP contribution < -0.4 is 5.73 Å². The van der Waals surface area contributed by atoms with E-state index in [9.17, 15) is 9.59 Å². The summed E-state index contributed by atoms with van der Waals surface area (Å²) in [5.74, 6) is -2.10. The van der Waals surface area contributed by atoms with E-state index >= 15 is 0 Å². The number of carbonyl (C=O) groups excluding carboxylic acids is 1. The Kier molecular flexibility index (Phi) is 2.39. The highest BCUT2D eigenvalue weighted by Gasteiger charge is 2.18. The molecule has 6 nitrogen and oxygen atoms in total. The molecular weight excluding hydrogens is 280 g/mol. The fourth-order valence-electron chi connectivity index (χ4n) is 1.28. The minimum atomic E-state index is -1.24. The Labute approximate surface area is 97.2 Å². The molecule has 82 valence electrons. The van der Waals surface area contributed by atoms with Crippen LogP contribution in [0.15, 0.2) is 21.2 Å². The smallest absolute Gasteiger partial charge is 0.358 e. The zero-order chi connectivity index (χ0) is 11.9. The van der Waals surface area contributed by atoms with Crippen LogP contribution in [-0.4, -0.2) is 22.0 Å². The van der Waals surface area contributed by atoms with Gasteiger partial charge in [0.1, 0.15) is 4.60 Å². The van der Waals surface area contributed by atoms with Gasteiger partial charge in [-0.25, -0.2) is 9.78 Å². The second-order valence-corrected chi connectivity index (χ2v) is 3.80. The Morgan fingerprint density at radius 1 is 1.44 bits per heavy atom. The van der Waals surface area contributed by atoms with Crippen LogP contribution in [0.25, 0.3) is 11.0 Å². The van der Waals surface area contributed by atoms with E-state index in [2.05, 4.69) is 20.9 Å². The number of furan rings is 1. The lowest BCUT2D eigenvalue weighted by molar-refractivity contribution is 0.0690. The molecule has 0 fully saturated rings.